The molecule has 1 N–H and O–H groups in total. The Bertz CT molecular complexity index is 228. The molecule has 0 saturated carbocycles. The zero-order valence-electron chi connectivity index (χ0n) is 9.61. The third-order valence-electron chi connectivity index (χ3n) is 4.52. The fourth-order valence-electron chi connectivity index (χ4n) is 3.55. The minimum absolute atomic E-state index is 0.527. The molecule has 4 unspecified atom stereocenters. The van der Waals surface area contributed by atoms with E-state index in [1.54, 1.807) is 0 Å². The maximum Gasteiger partial charge on any atom is 0.0702 e. The van der Waals surface area contributed by atoms with Gasteiger partial charge in [0.2, 0.25) is 0 Å². The Balaban J connectivity index is 1.58. The maximum absolute atomic E-state index is 5.73. The molecule has 3 nitrogen and oxygen atoms in total. The smallest absolute Gasteiger partial charge is 0.0702 e. The number of ether oxygens (including phenoxy) is 1. The van der Waals surface area contributed by atoms with E-state index in [9.17, 15) is 0 Å². The van der Waals surface area contributed by atoms with Gasteiger partial charge in [0.1, 0.15) is 0 Å². The summed E-state index contributed by atoms with van der Waals surface area (Å²) in [5, 5.41) is 3.51. The van der Waals surface area contributed by atoms with Crippen molar-refractivity contribution in [2.24, 2.45) is 11.8 Å². The number of hydrogen-bond acceptors (Lipinski definition) is 3. The molecule has 3 aliphatic heterocycles. The summed E-state index contributed by atoms with van der Waals surface area (Å²) in [6, 6.07) is 0.759. The Morgan fingerprint density at radius 1 is 1.40 bits per heavy atom. The third-order valence-corrected chi connectivity index (χ3v) is 4.52. The van der Waals surface area contributed by atoms with E-state index < -0.39 is 0 Å². The summed E-state index contributed by atoms with van der Waals surface area (Å²) in [7, 11) is 0. The summed E-state index contributed by atoms with van der Waals surface area (Å²) in [4.78, 5) is 2.66. The van der Waals surface area contributed by atoms with Crippen LogP contribution >= 0.6 is 0 Å². The van der Waals surface area contributed by atoms with E-state index in [2.05, 4.69) is 17.1 Å². The van der Waals surface area contributed by atoms with Crippen LogP contribution in [-0.4, -0.2) is 49.8 Å². The van der Waals surface area contributed by atoms with E-state index in [-0.39, 0.29) is 0 Å². The van der Waals surface area contributed by atoms with Crippen molar-refractivity contribution in [2.45, 2.75) is 31.9 Å². The van der Waals surface area contributed by atoms with Gasteiger partial charge in [0.05, 0.1) is 6.10 Å². The molecule has 3 heterocycles. The summed E-state index contributed by atoms with van der Waals surface area (Å²) in [6.45, 7) is 8.31. The van der Waals surface area contributed by atoms with Gasteiger partial charge >= 0.3 is 0 Å². The van der Waals surface area contributed by atoms with Crippen LogP contribution in [0.5, 0.6) is 0 Å². The van der Waals surface area contributed by atoms with Crippen molar-refractivity contribution in [2.75, 3.05) is 32.8 Å². The van der Waals surface area contributed by atoms with E-state index in [1.165, 1.54) is 39.0 Å². The molecular formula is C12H22N2O. The Morgan fingerprint density at radius 3 is 3.07 bits per heavy atom. The molecule has 15 heavy (non-hydrogen) atoms. The number of hydrogen-bond donors (Lipinski definition) is 1. The minimum Gasteiger partial charge on any atom is -0.377 e. The average Bonchev–Trinajstić information content (AvgIpc) is 2.89. The van der Waals surface area contributed by atoms with Gasteiger partial charge in [-0.15, -0.1) is 0 Å². The monoisotopic (exact) mass is 210 g/mol. The number of likely N-dealkylation sites (tertiary alicyclic amines) is 1. The standard InChI is InChI=1S/C12H22N2O/c1-9-12-6-13-5-10(12)7-14(9)8-11-3-2-4-15-11/h9-13H,2-8H2,1H3. The highest BCUT2D eigenvalue weighted by atomic mass is 16.5. The number of nitrogens with one attached hydrogen (secondary N) is 1. The molecule has 0 aromatic carbocycles. The zero-order valence-corrected chi connectivity index (χ0v) is 9.61. The van der Waals surface area contributed by atoms with Crippen LogP contribution in [0.2, 0.25) is 0 Å². The first-order chi connectivity index (χ1) is 7.34. The summed E-state index contributed by atoms with van der Waals surface area (Å²) in [5.41, 5.74) is 0. The molecule has 3 saturated heterocycles. The quantitative estimate of drug-likeness (QED) is 0.726. The summed E-state index contributed by atoms with van der Waals surface area (Å²) in [5.74, 6) is 1.80. The van der Waals surface area contributed by atoms with Gasteiger partial charge in [-0.05, 0) is 44.7 Å². The normalized spacial score (nSPS) is 46.2. The molecule has 0 radical (unpaired) electrons. The number of rotatable bonds is 2. The SMILES string of the molecule is CC1C2CNCC2CN1CC1CCCO1. The van der Waals surface area contributed by atoms with Gasteiger partial charge in [-0.25, -0.2) is 0 Å². The van der Waals surface area contributed by atoms with Crippen LogP contribution in [0.3, 0.4) is 0 Å². The van der Waals surface area contributed by atoms with Gasteiger partial charge < -0.3 is 10.1 Å². The van der Waals surface area contributed by atoms with Crippen molar-refractivity contribution in [3.8, 4) is 0 Å². The summed E-state index contributed by atoms with van der Waals surface area (Å²) >= 11 is 0. The lowest BCUT2D eigenvalue weighted by Crippen LogP contribution is -2.38. The summed E-state index contributed by atoms with van der Waals surface area (Å²) < 4.78 is 5.73. The van der Waals surface area contributed by atoms with Crippen LogP contribution in [0.15, 0.2) is 0 Å². The van der Waals surface area contributed by atoms with Crippen LogP contribution in [0.4, 0.5) is 0 Å². The Hall–Kier alpha value is -0.120. The lowest BCUT2D eigenvalue weighted by molar-refractivity contribution is 0.0673. The first-order valence-electron chi connectivity index (χ1n) is 6.41. The Kier molecular flexibility index (Phi) is 2.71. The van der Waals surface area contributed by atoms with Crippen LogP contribution in [0.25, 0.3) is 0 Å². The maximum atomic E-state index is 5.73. The van der Waals surface area contributed by atoms with Gasteiger partial charge in [0, 0.05) is 25.7 Å². The van der Waals surface area contributed by atoms with Crippen molar-refractivity contribution in [3.05, 3.63) is 0 Å². The predicted molar refractivity (Wildman–Crippen MR) is 59.9 cm³/mol. The molecule has 3 fully saturated rings. The van der Waals surface area contributed by atoms with E-state index in [1.807, 2.05) is 0 Å². The third kappa shape index (κ3) is 1.81. The van der Waals surface area contributed by atoms with Crippen LogP contribution in [0.1, 0.15) is 19.8 Å². The van der Waals surface area contributed by atoms with Gasteiger partial charge in [0.25, 0.3) is 0 Å². The summed E-state index contributed by atoms with van der Waals surface area (Å²) in [6.07, 6.45) is 3.07. The molecule has 0 amide bonds. The largest absolute Gasteiger partial charge is 0.377 e. The van der Waals surface area contributed by atoms with Gasteiger partial charge in [-0.1, -0.05) is 0 Å². The fraction of sp³-hybridized carbons (Fsp3) is 1.00. The first-order valence-corrected chi connectivity index (χ1v) is 6.41. The highest BCUT2D eigenvalue weighted by Gasteiger charge is 2.42. The van der Waals surface area contributed by atoms with Gasteiger partial charge in [-0.2, -0.15) is 0 Å². The Morgan fingerprint density at radius 2 is 2.33 bits per heavy atom. The molecular weight excluding hydrogens is 188 g/mol. The Labute approximate surface area is 92.2 Å². The van der Waals surface area contributed by atoms with E-state index in [0.717, 1.165) is 24.5 Å². The highest BCUT2D eigenvalue weighted by molar-refractivity contribution is 4.97. The number of fused-ring (bicyclic) bond motifs is 1. The molecule has 0 aromatic heterocycles. The van der Waals surface area contributed by atoms with Crippen molar-refractivity contribution in [1.82, 2.24) is 10.2 Å². The zero-order chi connectivity index (χ0) is 10.3. The highest BCUT2D eigenvalue weighted by Crippen LogP contribution is 2.32. The van der Waals surface area contributed by atoms with E-state index in [4.69, 9.17) is 4.74 Å². The molecule has 4 atom stereocenters. The van der Waals surface area contributed by atoms with Gasteiger partial charge in [0.15, 0.2) is 0 Å². The second kappa shape index (κ2) is 4.04. The van der Waals surface area contributed by atoms with Crippen molar-refractivity contribution in [3.63, 3.8) is 0 Å². The van der Waals surface area contributed by atoms with Gasteiger partial charge in [-0.3, -0.25) is 4.90 Å². The molecule has 0 aromatic rings. The molecule has 3 heteroatoms. The van der Waals surface area contributed by atoms with Crippen molar-refractivity contribution >= 4 is 0 Å². The van der Waals surface area contributed by atoms with Crippen LogP contribution in [-0.2, 0) is 4.74 Å². The molecule has 0 bridgehead atoms. The van der Waals surface area contributed by atoms with Crippen LogP contribution in [0, 0.1) is 11.8 Å². The molecule has 86 valence electrons. The lowest BCUT2D eigenvalue weighted by Gasteiger charge is -2.26. The molecule has 0 aliphatic carbocycles. The lowest BCUT2D eigenvalue weighted by atomic mass is 9.95. The predicted octanol–water partition coefficient (Wildman–Crippen LogP) is 0.705. The van der Waals surface area contributed by atoms with Crippen molar-refractivity contribution < 1.29 is 4.74 Å². The first kappa shape index (κ1) is 10.1. The second-order valence-corrected chi connectivity index (χ2v) is 5.41. The van der Waals surface area contributed by atoms with Crippen LogP contribution < -0.4 is 5.32 Å². The number of nitrogens with zero attached hydrogens (tertiary/aromatic N) is 1. The average molecular weight is 210 g/mol. The molecule has 0 spiro atoms. The fourth-order valence-corrected chi connectivity index (χ4v) is 3.55. The molecule has 3 rings (SSSR count). The second-order valence-electron chi connectivity index (χ2n) is 5.41. The van der Waals surface area contributed by atoms with Crippen molar-refractivity contribution in [1.29, 1.82) is 0 Å². The van der Waals surface area contributed by atoms with E-state index >= 15 is 0 Å². The topological polar surface area (TPSA) is 24.5 Å². The van der Waals surface area contributed by atoms with E-state index in [0.29, 0.717) is 6.10 Å². The minimum atomic E-state index is 0.527. The molecule has 3 aliphatic rings.